The Kier molecular flexibility index (Phi) is 3.32. The van der Waals surface area contributed by atoms with Crippen molar-refractivity contribution in [2.45, 2.75) is 39.4 Å². The third-order valence-corrected chi connectivity index (χ3v) is 2.37. The monoisotopic (exact) mass is 198 g/mol. The van der Waals surface area contributed by atoms with Gasteiger partial charge in [-0.3, -0.25) is 0 Å². The molecule has 1 aliphatic heterocycles. The first-order chi connectivity index (χ1) is 6.45. The second-order valence-electron chi connectivity index (χ2n) is 4.60. The van der Waals surface area contributed by atoms with Gasteiger partial charge in [0.1, 0.15) is 0 Å². The molecule has 2 atom stereocenters. The van der Waals surface area contributed by atoms with Crippen LogP contribution in [-0.2, 0) is 14.3 Å². The highest BCUT2D eigenvalue weighted by Crippen LogP contribution is 2.29. The SMILES string of the molecule is COC(=O)[C@H]1C=CC[C@H](C(C)(C)C)O1. The predicted octanol–water partition coefficient (Wildman–Crippen LogP) is 1.92. The molecule has 0 saturated carbocycles. The molecule has 1 aliphatic rings. The third kappa shape index (κ3) is 2.58. The molecular formula is C11H18O3. The number of esters is 1. The fraction of sp³-hybridized carbons (Fsp3) is 0.727. The summed E-state index contributed by atoms with van der Waals surface area (Å²) in [6.07, 6.45) is 4.15. The van der Waals surface area contributed by atoms with Gasteiger partial charge in [0, 0.05) is 0 Å². The van der Waals surface area contributed by atoms with Gasteiger partial charge in [0.2, 0.25) is 0 Å². The zero-order valence-corrected chi connectivity index (χ0v) is 9.24. The molecule has 0 bridgehead atoms. The van der Waals surface area contributed by atoms with E-state index >= 15 is 0 Å². The highest BCUT2D eigenvalue weighted by molar-refractivity contribution is 5.76. The van der Waals surface area contributed by atoms with Gasteiger partial charge in [-0.15, -0.1) is 0 Å². The minimum atomic E-state index is -0.530. The van der Waals surface area contributed by atoms with Crippen molar-refractivity contribution >= 4 is 5.97 Å². The number of ether oxygens (including phenoxy) is 2. The number of carbonyl (C=O) groups excluding carboxylic acids is 1. The summed E-state index contributed by atoms with van der Waals surface area (Å²) in [6, 6.07) is 0. The summed E-state index contributed by atoms with van der Waals surface area (Å²) in [6.45, 7) is 6.31. The molecule has 0 amide bonds. The van der Waals surface area contributed by atoms with Gasteiger partial charge in [-0.05, 0) is 17.9 Å². The van der Waals surface area contributed by atoms with E-state index in [1.807, 2.05) is 6.08 Å². The Morgan fingerprint density at radius 3 is 2.64 bits per heavy atom. The average molecular weight is 198 g/mol. The van der Waals surface area contributed by atoms with Crippen LogP contribution >= 0.6 is 0 Å². The summed E-state index contributed by atoms with van der Waals surface area (Å²) in [5.74, 6) is -0.324. The maximum absolute atomic E-state index is 11.2. The molecule has 0 aliphatic carbocycles. The molecule has 3 nitrogen and oxygen atoms in total. The van der Waals surface area contributed by atoms with Gasteiger partial charge >= 0.3 is 5.97 Å². The second-order valence-corrected chi connectivity index (χ2v) is 4.60. The summed E-state index contributed by atoms with van der Waals surface area (Å²) in [5.41, 5.74) is 0.0526. The van der Waals surface area contributed by atoms with Gasteiger partial charge in [0.25, 0.3) is 0 Å². The van der Waals surface area contributed by atoms with Crippen LogP contribution in [-0.4, -0.2) is 25.3 Å². The van der Waals surface area contributed by atoms with Gasteiger partial charge < -0.3 is 9.47 Å². The van der Waals surface area contributed by atoms with Crippen molar-refractivity contribution in [3.8, 4) is 0 Å². The molecule has 0 aromatic heterocycles. The minimum Gasteiger partial charge on any atom is -0.467 e. The topological polar surface area (TPSA) is 35.5 Å². The average Bonchev–Trinajstić information content (AvgIpc) is 2.15. The van der Waals surface area contributed by atoms with Crippen molar-refractivity contribution in [1.29, 1.82) is 0 Å². The number of hydrogen-bond donors (Lipinski definition) is 0. The van der Waals surface area contributed by atoms with Gasteiger partial charge in [-0.2, -0.15) is 0 Å². The van der Waals surface area contributed by atoms with E-state index in [1.54, 1.807) is 6.08 Å². The minimum absolute atomic E-state index is 0.0526. The van der Waals surface area contributed by atoms with Crippen LogP contribution in [0.4, 0.5) is 0 Å². The van der Waals surface area contributed by atoms with E-state index < -0.39 is 6.10 Å². The van der Waals surface area contributed by atoms with Crippen LogP contribution in [0.2, 0.25) is 0 Å². The van der Waals surface area contributed by atoms with E-state index in [2.05, 4.69) is 25.5 Å². The third-order valence-electron chi connectivity index (χ3n) is 2.37. The molecule has 0 aromatic rings. The summed E-state index contributed by atoms with van der Waals surface area (Å²) < 4.78 is 10.3. The highest BCUT2D eigenvalue weighted by atomic mass is 16.6. The van der Waals surface area contributed by atoms with Crippen molar-refractivity contribution in [1.82, 2.24) is 0 Å². The zero-order chi connectivity index (χ0) is 10.8. The Morgan fingerprint density at radius 2 is 2.14 bits per heavy atom. The molecule has 0 N–H and O–H groups in total. The lowest BCUT2D eigenvalue weighted by Crippen LogP contribution is -2.38. The van der Waals surface area contributed by atoms with Crippen LogP contribution < -0.4 is 0 Å². The van der Waals surface area contributed by atoms with Gasteiger partial charge in [0.15, 0.2) is 6.10 Å². The Hall–Kier alpha value is -0.830. The molecule has 14 heavy (non-hydrogen) atoms. The van der Waals surface area contributed by atoms with Crippen LogP contribution in [0.15, 0.2) is 12.2 Å². The predicted molar refractivity (Wildman–Crippen MR) is 53.9 cm³/mol. The Morgan fingerprint density at radius 1 is 1.50 bits per heavy atom. The van der Waals surface area contributed by atoms with Crippen molar-refractivity contribution in [2.24, 2.45) is 5.41 Å². The van der Waals surface area contributed by atoms with E-state index in [9.17, 15) is 4.79 Å². The molecule has 0 aromatic carbocycles. The smallest absolute Gasteiger partial charge is 0.339 e. The van der Waals surface area contributed by atoms with Crippen LogP contribution in [0.3, 0.4) is 0 Å². The number of rotatable bonds is 1. The van der Waals surface area contributed by atoms with Crippen molar-refractivity contribution < 1.29 is 14.3 Å². The molecule has 0 fully saturated rings. The molecule has 3 heteroatoms. The lowest BCUT2D eigenvalue weighted by atomic mass is 9.86. The molecule has 1 heterocycles. The lowest BCUT2D eigenvalue weighted by molar-refractivity contribution is -0.158. The number of carbonyl (C=O) groups is 1. The van der Waals surface area contributed by atoms with E-state index in [4.69, 9.17) is 4.74 Å². The van der Waals surface area contributed by atoms with Crippen molar-refractivity contribution in [3.05, 3.63) is 12.2 Å². The van der Waals surface area contributed by atoms with Crippen LogP contribution in [0.5, 0.6) is 0 Å². The first kappa shape index (κ1) is 11.2. The van der Waals surface area contributed by atoms with E-state index in [0.717, 1.165) is 6.42 Å². The number of methoxy groups -OCH3 is 1. The van der Waals surface area contributed by atoms with Crippen LogP contribution in [0.25, 0.3) is 0 Å². The molecular weight excluding hydrogens is 180 g/mol. The standard InChI is InChI=1S/C11H18O3/c1-11(2,3)9-7-5-6-8(14-9)10(12)13-4/h5-6,8-9H,7H2,1-4H3/t8-,9-/m1/s1. The van der Waals surface area contributed by atoms with E-state index in [1.165, 1.54) is 7.11 Å². The molecule has 0 radical (unpaired) electrons. The highest BCUT2D eigenvalue weighted by Gasteiger charge is 2.32. The normalized spacial score (nSPS) is 27.4. The van der Waals surface area contributed by atoms with E-state index in [-0.39, 0.29) is 17.5 Å². The summed E-state index contributed by atoms with van der Waals surface area (Å²) >= 11 is 0. The quantitative estimate of drug-likeness (QED) is 0.477. The summed E-state index contributed by atoms with van der Waals surface area (Å²) in [7, 11) is 1.38. The van der Waals surface area contributed by atoms with Crippen LogP contribution in [0, 0.1) is 5.41 Å². The maximum Gasteiger partial charge on any atom is 0.339 e. The van der Waals surface area contributed by atoms with Crippen molar-refractivity contribution in [3.63, 3.8) is 0 Å². The molecule has 1 rings (SSSR count). The molecule has 0 spiro atoms. The molecule has 80 valence electrons. The summed E-state index contributed by atoms with van der Waals surface area (Å²) in [4.78, 5) is 11.2. The zero-order valence-electron chi connectivity index (χ0n) is 9.24. The van der Waals surface area contributed by atoms with Crippen LogP contribution in [0.1, 0.15) is 27.2 Å². The lowest BCUT2D eigenvalue weighted by Gasteiger charge is -2.34. The molecule has 0 saturated heterocycles. The van der Waals surface area contributed by atoms with Crippen molar-refractivity contribution in [2.75, 3.05) is 7.11 Å². The fourth-order valence-corrected chi connectivity index (χ4v) is 1.41. The first-order valence-corrected chi connectivity index (χ1v) is 4.85. The van der Waals surface area contributed by atoms with E-state index in [0.29, 0.717) is 0 Å². The maximum atomic E-state index is 11.2. The Labute approximate surface area is 85.1 Å². The molecule has 0 unspecified atom stereocenters. The summed E-state index contributed by atoms with van der Waals surface area (Å²) in [5, 5.41) is 0. The largest absolute Gasteiger partial charge is 0.467 e. The first-order valence-electron chi connectivity index (χ1n) is 4.85. The van der Waals surface area contributed by atoms with Gasteiger partial charge in [-0.1, -0.05) is 26.8 Å². The van der Waals surface area contributed by atoms with Gasteiger partial charge in [-0.25, -0.2) is 4.79 Å². The Balaban J connectivity index is 2.65. The number of hydrogen-bond acceptors (Lipinski definition) is 3. The second kappa shape index (κ2) is 4.13. The Bertz CT molecular complexity index is 237. The van der Waals surface area contributed by atoms with Gasteiger partial charge in [0.05, 0.1) is 13.2 Å². The fourth-order valence-electron chi connectivity index (χ4n) is 1.41.